The smallest absolute Gasteiger partial charge is 0.395 e. The van der Waals surface area contributed by atoms with Crippen molar-refractivity contribution in [3.63, 3.8) is 0 Å². The van der Waals surface area contributed by atoms with E-state index in [0.29, 0.717) is 4.47 Å². The van der Waals surface area contributed by atoms with Crippen molar-refractivity contribution in [2.75, 3.05) is 13.2 Å². The first-order valence-electron chi connectivity index (χ1n) is 5.97. The minimum atomic E-state index is -4.50. The van der Waals surface area contributed by atoms with Gasteiger partial charge in [0.15, 0.2) is 0 Å². The summed E-state index contributed by atoms with van der Waals surface area (Å²) in [7, 11) is 0. The van der Waals surface area contributed by atoms with Gasteiger partial charge in [-0.05, 0) is 48.0 Å². The second-order valence-electron chi connectivity index (χ2n) is 4.51. The maximum absolute atomic E-state index is 12.7. The third-order valence-electron chi connectivity index (χ3n) is 2.75. The molecule has 112 valence electrons. The van der Waals surface area contributed by atoms with Gasteiger partial charge in [0.25, 0.3) is 5.91 Å². The molecular weight excluding hydrogens is 339 g/mol. The van der Waals surface area contributed by atoms with Gasteiger partial charge in [-0.15, -0.1) is 0 Å². The zero-order chi connectivity index (χ0) is 15.5. The molecule has 0 saturated heterocycles. The van der Waals surface area contributed by atoms with E-state index in [-0.39, 0.29) is 24.8 Å². The van der Waals surface area contributed by atoms with Crippen molar-refractivity contribution in [3.8, 4) is 0 Å². The van der Waals surface area contributed by atoms with E-state index in [1.807, 2.05) is 0 Å². The number of carbonyl (C=O) groups is 1. The number of hydrogen-bond donors (Lipinski definition) is 1. The predicted octanol–water partition coefficient (Wildman–Crippen LogP) is 3.31. The van der Waals surface area contributed by atoms with Gasteiger partial charge in [-0.3, -0.25) is 4.79 Å². The van der Waals surface area contributed by atoms with E-state index in [1.54, 1.807) is 13.8 Å². The van der Waals surface area contributed by atoms with Crippen molar-refractivity contribution in [1.82, 2.24) is 4.90 Å². The monoisotopic (exact) mass is 353 g/mol. The van der Waals surface area contributed by atoms with E-state index in [0.717, 1.165) is 12.1 Å². The molecule has 1 rings (SSSR count). The maximum Gasteiger partial charge on any atom is 0.416 e. The Bertz CT molecular complexity index is 489. The first kappa shape index (κ1) is 17.0. The number of nitrogens with zero attached hydrogens (tertiary/aromatic N) is 1. The Hall–Kier alpha value is -1.08. The highest BCUT2D eigenvalue weighted by molar-refractivity contribution is 9.10. The zero-order valence-electron chi connectivity index (χ0n) is 11.0. The van der Waals surface area contributed by atoms with Gasteiger partial charge in [-0.25, -0.2) is 0 Å². The van der Waals surface area contributed by atoms with E-state index in [9.17, 15) is 18.0 Å². The topological polar surface area (TPSA) is 40.5 Å². The molecule has 20 heavy (non-hydrogen) atoms. The highest BCUT2D eigenvalue weighted by atomic mass is 79.9. The van der Waals surface area contributed by atoms with Gasteiger partial charge >= 0.3 is 6.18 Å². The average molecular weight is 354 g/mol. The van der Waals surface area contributed by atoms with Gasteiger partial charge in [0.2, 0.25) is 0 Å². The van der Waals surface area contributed by atoms with Crippen LogP contribution in [-0.4, -0.2) is 35.1 Å². The minimum Gasteiger partial charge on any atom is -0.395 e. The molecule has 0 aliphatic rings. The van der Waals surface area contributed by atoms with Gasteiger partial charge in [0.05, 0.1) is 17.7 Å². The number of alkyl halides is 3. The molecule has 0 radical (unpaired) electrons. The Morgan fingerprint density at radius 2 is 2.00 bits per heavy atom. The Balaban J connectivity index is 3.20. The summed E-state index contributed by atoms with van der Waals surface area (Å²) in [6.45, 7) is 3.28. The van der Waals surface area contributed by atoms with Gasteiger partial charge < -0.3 is 10.0 Å². The lowest BCUT2D eigenvalue weighted by atomic mass is 10.1. The Morgan fingerprint density at radius 3 is 2.45 bits per heavy atom. The summed E-state index contributed by atoms with van der Waals surface area (Å²) >= 11 is 3.09. The van der Waals surface area contributed by atoms with Crippen LogP contribution in [0.25, 0.3) is 0 Å². The van der Waals surface area contributed by atoms with E-state index >= 15 is 0 Å². The number of halogens is 4. The Morgan fingerprint density at radius 1 is 1.40 bits per heavy atom. The van der Waals surface area contributed by atoms with Gasteiger partial charge in [-0.1, -0.05) is 0 Å². The summed E-state index contributed by atoms with van der Waals surface area (Å²) in [4.78, 5) is 13.6. The second kappa shape index (κ2) is 6.58. The van der Waals surface area contributed by atoms with Crippen molar-refractivity contribution < 1.29 is 23.1 Å². The molecule has 0 aromatic heterocycles. The molecule has 0 spiro atoms. The molecule has 0 fully saturated rings. The maximum atomic E-state index is 12.7. The van der Waals surface area contributed by atoms with Crippen LogP contribution in [0.3, 0.4) is 0 Å². The van der Waals surface area contributed by atoms with Gasteiger partial charge in [-0.2, -0.15) is 13.2 Å². The highest BCUT2D eigenvalue weighted by Gasteiger charge is 2.32. The van der Waals surface area contributed by atoms with Crippen molar-refractivity contribution in [1.29, 1.82) is 0 Å². The van der Waals surface area contributed by atoms with Gasteiger partial charge in [0, 0.05) is 17.1 Å². The second-order valence-corrected chi connectivity index (χ2v) is 5.36. The lowest BCUT2D eigenvalue weighted by molar-refractivity contribution is -0.137. The highest BCUT2D eigenvalue weighted by Crippen LogP contribution is 2.32. The van der Waals surface area contributed by atoms with Crippen LogP contribution < -0.4 is 0 Å². The lowest BCUT2D eigenvalue weighted by Crippen LogP contribution is -2.39. The van der Waals surface area contributed by atoms with Crippen molar-refractivity contribution in [2.45, 2.75) is 26.1 Å². The zero-order valence-corrected chi connectivity index (χ0v) is 12.6. The van der Waals surface area contributed by atoms with Crippen molar-refractivity contribution in [3.05, 3.63) is 33.8 Å². The van der Waals surface area contributed by atoms with Crippen LogP contribution in [0.1, 0.15) is 29.8 Å². The van der Waals surface area contributed by atoms with Crippen LogP contribution in [-0.2, 0) is 6.18 Å². The molecule has 0 aliphatic carbocycles. The Kier molecular flexibility index (Phi) is 5.59. The van der Waals surface area contributed by atoms with Crippen LogP contribution in [0, 0.1) is 0 Å². The predicted molar refractivity (Wildman–Crippen MR) is 72.4 cm³/mol. The van der Waals surface area contributed by atoms with Crippen molar-refractivity contribution >= 4 is 21.8 Å². The van der Waals surface area contributed by atoms with Crippen LogP contribution in [0.4, 0.5) is 13.2 Å². The molecule has 0 heterocycles. The molecular formula is C13H15BrF3NO2. The van der Waals surface area contributed by atoms with E-state index in [4.69, 9.17) is 5.11 Å². The van der Waals surface area contributed by atoms with E-state index < -0.39 is 17.6 Å². The minimum absolute atomic E-state index is 0.0676. The summed E-state index contributed by atoms with van der Waals surface area (Å²) in [5, 5.41) is 8.95. The molecule has 0 unspecified atom stereocenters. The van der Waals surface area contributed by atoms with Crippen LogP contribution in [0.5, 0.6) is 0 Å². The van der Waals surface area contributed by atoms with Crippen LogP contribution >= 0.6 is 15.9 Å². The van der Waals surface area contributed by atoms with E-state index in [2.05, 4.69) is 15.9 Å². The molecule has 0 saturated carbocycles. The number of amides is 1. The molecule has 7 heteroatoms. The quantitative estimate of drug-likeness (QED) is 0.901. The fourth-order valence-corrected chi connectivity index (χ4v) is 2.14. The normalized spacial score (nSPS) is 11.8. The standard InChI is InChI=1S/C13H15BrF3NO2/c1-8(2)18(5-6-19)12(20)10-7-9(13(15,16)17)3-4-11(10)14/h3-4,7-8,19H,5-6H2,1-2H3. The van der Waals surface area contributed by atoms with Crippen molar-refractivity contribution in [2.24, 2.45) is 0 Å². The molecule has 0 atom stereocenters. The fourth-order valence-electron chi connectivity index (χ4n) is 1.72. The van der Waals surface area contributed by atoms with Gasteiger partial charge in [0.1, 0.15) is 0 Å². The molecule has 1 amide bonds. The third-order valence-corrected chi connectivity index (χ3v) is 3.44. The first-order chi connectivity index (χ1) is 9.18. The first-order valence-corrected chi connectivity index (χ1v) is 6.76. The molecule has 1 aromatic carbocycles. The lowest BCUT2D eigenvalue weighted by Gasteiger charge is -2.26. The molecule has 1 N–H and O–H groups in total. The SMILES string of the molecule is CC(C)N(CCO)C(=O)c1cc(C(F)(F)F)ccc1Br. The number of aliphatic hydroxyl groups is 1. The summed E-state index contributed by atoms with van der Waals surface area (Å²) in [6, 6.07) is 2.70. The summed E-state index contributed by atoms with van der Waals surface area (Å²) < 4.78 is 38.4. The molecule has 0 aliphatic heterocycles. The molecule has 3 nitrogen and oxygen atoms in total. The summed E-state index contributed by atoms with van der Waals surface area (Å²) in [6.07, 6.45) is -4.50. The number of hydrogen-bond acceptors (Lipinski definition) is 2. The number of rotatable bonds is 4. The summed E-state index contributed by atoms with van der Waals surface area (Å²) in [5.74, 6) is -0.549. The fraction of sp³-hybridized carbons (Fsp3) is 0.462. The molecule has 0 bridgehead atoms. The number of benzene rings is 1. The molecule has 1 aromatic rings. The van der Waals surface area contributed by atoms with Crippen LogP contribution in [0.2, 0.25) is 0 Å². The number of carbonyl (C=O) groups excluding carboxylic acids is 1. The largest absolute Gasteiger partial charge is 0.416 e. The summed E-state index contributed by atoms with van der Waals surface area (Å²) in [5.41, 5.74) is -0.946. The third kappa shape index (κ3) is 3.96. The Labute approximate surface area is 123 Å². The average Bonchev–Trinajstić information content (AvgIpc) is 2.34. The van der Waals surface area contributed by atoms with E-state index in [1.165, 1.54) is 11.0 Å². The number of aliphatic hydroxyl groups excluding tert-OH is 1. The van der Waals surface area contributed by atoms with Crippen LogP contribution in [0.15, 0.2) is 22.7 Å².